The number of unbranched alkanes of at least 4 members (excludes halogenated alkanes) is 19. The SMILES string of the molecule is CCCCCCCCCN(CCCCl)CCCCCCC(C(=O)O)C(CCCCCCCC)CCCCCCCC. The van der Waals surface area contributed by atoms with Crippen molar-refractivity contribution >= 4 is 17.6 Å². The summed E-state index contributed by atoms with van der Waals surface area (Å²) in [5.74, 6) is 0.452. The van der Waals surface area contributed by atoms with Crippen molar-refractivity contribution in [2.45, 2.75) is 194 Å². The van der Waals surface area contributed by atoms with Crippen LogP contribution in [0.2, 0.25) is 0 Å². The number of halogens is 1. The van der Waals surface area contributed by atoms with Crippen LogP contribution >= 0.6 is 11.6 Å². The van der Waals surface area contributed by atoms with Crippen LogP contribution in [-0.2, 0) is 4.79 Å². The highest BCUT2D eigenvalue weighted by Gasteiger charge is 2.27. The Balaban J connectivity index is 4.48. The van der Waals surface area contributed by atoms with E-state index in [0.29, 0.717) is 5.92 Å². The molecular formula is C37H74ClNO2. The Labute approximate surface area is 263 Å². The zero-order valence-electron chi connectivity index (χ0n) is 28.3. The van der Waals surface area contributed by atoms with Crippen molar-refractivity contribution in [2.75, 3.05) is 25.5 Å². The molecule has 0 aromatic heterocycles. The van der Waals surface area contributed by atoms with Gasteiger partial charge in [0.05, 0.1) is 5.92 Å². The molecule has 0 aromatic rings. The second-order valence-corrected chi connectivity index (χ2v) is 13.4. The van der Waals surface area contributed by atoms with Crippen molar-refractivity contribution in [3.05, 3.63) is 0 Å². The number of carbonyl (C=O) groups is 1. The number of aliphatic carboxylic acids is 1. The van der Waals surface area contributed by atoms with Crippen LogP contribution in [0.15, 0.2) is 0 Å². The third-order valence-corrected chi connectivity index (χ3v) is 9.44. The fourth-order valence-electron chi connectivity index (χ4n) is 6.45. The Morgan fingerprint density at radius 2 is 0.854 bits per heavy atom. The molecule has 0 aliphatic rings. The van der Waals surface area contributed by atoms with Crippen LogP contribution in [0, 0.1) is 11.8 Å². The lowest BCUT2D eigenvalue weighted by Gasteiger charge is -2.25. The number of alkyl halides is 1. The van der Waals surface area contributed by atoms with E-state index < -0.39 is 5.97 Å². The molecule has 0 aliphatic carbocycles. The summed E-state index contributed by atoms with van der Waals surface area (Å²) in [6.45, 7) is 10.3. The van der Waals surface area contributed by atoms with Crippen molar-refractivity contribution in [3.8, 4) is 0 Å². The lowest BCUT2D eigenvalue weighted by atomic mass is 9.80. The molecule has 4 heteroatoms. The van der Waals surface area contributed by atoms with Gasteiger partial charge in [0.2, 0.25) is 0 Å². The van der Waals surface area contributed by atoms with Crippen molar-refractivity contribution < 1.29 is 9.90 Å². The molecular weight excluding hydrogens is 526 g/mol. The molecule has 246 valence electrons. The van der Waals surface area contributed by atoms with Crippen LogP contribution in [0.5, 0.6) is 0 Å². The molecule has 0 aliphatic heterocycles. The molecule has 41 heavy (non-hydrogen) atoms. The van der Waals surface area contributed by atoms with E-state index in [1.165, 1.54) is 154 Å². The van der Waals surface area contributed by atoms with Gasteiger partial charge in [0.15, 0.2) is 0 Å². The highest BCUT2D eigenvalue weighted by atomic mass is 35.5. The lowest BCUT2D eigenvalue weighted by molar-refractivity contribution is -0.144. The molecule has 3 nitrogen and oxygen atoms in total. The maximum Gasteiger partial charge on any atom is 0.306 e. The molecule has 0 bridgehead atoms. The largest absolute Gasteiger partial charge is 0.481 e. The van der Waals surface area contributed by atoms with Crippen LogP contribution in [0.4, 0.5) is 0 Å². The summed E-state index contributed by atoms with van der Waals surface area (Å²) in [6, 6.07) is 0. The van der Waals surface area contributed by atoms with Crippen LogP contribution < -0.4 is 0 Å². The van der Waals surface area contributed by atoms with E-state index in [1.807, 2.05) is 0 Å². The summed E-state index contributed by atoms with van der Waals surface area (Å²) in [6.07, 6.45) is 34.0. The lowest BCUT2D eigenvalue weighted by Crippen LogP contribution is -2.27. The van der Waals surface area contributed by atoms with Gasteiger partial charge in [-0.1, -0.05) is 156 Å². The quantitative estimate of drug-likeness (QED) is 0.0590. The van der Waals surface area contributed by atoms with Crippen molar-refractivity contribution in [2.24, 2.45) is 11.8 Å². The van der Waals surface area contributed by atoms with Gasteiger partial charge in [-0.05, 0) is 64.1 Å². The fraction of sp³-hybridized carbons (Fsp3) is 0.973. The Kier molecular flexibility index (Phi) is 32.4. The topological polar surface area (TPSA) is 40.5 Å². The maximum absolute atomic E-state index is 12.4. The molecule has 0 aromatic carbocycles. The van der Waals surface area contributed by atoms with E-state index in [-0.39, 0.29) is 5.92 Å². The highest BCUT2D eigenvalue weighted by molar-refractivity contribution is 6.17. The molecule has 1 atom stereocenters. The van der Waals surface area contributed by atoms with E-state index in [1.54, 1.807) is 0 Å². The average molecular weight is 600 g/mol. The molecule has 0 fully saturated rings. The Morgan fingerprint density at radius 1 is 0.512 bits per heavy atom. The summed E-state index contributed by atoms with van der Waals surface area (Å²) < 4.78 is 0. The van der Waals surface area contributed by atoms with Gasteiger partial charge in [0.25, 0.3) is 0 Å². The molecule has 0 amide bonds. The molecule has 0 spiro atoms. The average Bonchev–Trinajstić information content (AvgIpc) is 2.97. The van der Waals surface area contributed by atoms with Gasteiger partial charge in [-0.25, -0.2) is 0 Å². The third-order valence-electron chi connectivity index (χ3n) is 9.17. The van der Waals surface area contributed by atoms with Crippen LogP contribution in [-0.4, -0.2) is 41.5 Å². The number of hydrogen-bond donors (Lipinski definition) is 1. The zero-order valence-corrected chi connectivity index (χ0v) is 29.0. The van der Waals surface area contributed by atoms with E-state index in [2.05, 4.69) is 25.7 Å². The molecule has 0 rings (SSSR count). The van der Waals surface area contributed by atoms with E-state index >= 15 is 0 Å². The zero-order chi connectivity index (χ0) is 30.2. The molecule has 0 radical (unpaired) electrons. The first-order chi connectivity index (χ1) is 20.1. The minimum Gasteiger partial charge on any atom is -0.481 e. The summed E-state index contributed by atoms with van der Waals surface area (Å²) in [5, 5.41) is 10.2. The Bertz CT molecular complexity index is 513. The van der Waals surface area contributed by atoms with Gasteiger partial charge in [0, 0.05) is 5.88 Å². The number of carboxylic acid groups (broad SMARTS) is 1. The number of nitrogens with zero attached hydrogens (tertiary/aromatic N) is 1. The highest BCUT2D eigenvalue weighted by Crippen LogP contribution is 2.30. The number of carboxylic acids is 1. The van der Waals surface area contributed by atoms with Gasteiger partial charge < -0.3 is 10.0 Å². The Morgan fingerprint density at radius 3 is 1.24 bits per heavy atom. The maximum atomic E-state index is 12.4. The number of rotatable bonds is 34. The standard InChI is InChI=1S/C37H74ClNO2/c1-4-7-10-13-16-20-25-32-39(34-27-31-38)33-26-21-19-24-30-36(37(40)41)35(28-22-17-14-11-8-5-2)29-23-18-15-12-9-6-3/h35-36H,4-34H2,1-3H3,(H,40,41). The summed E-state index contributed by atoms with van der Waals surface area (Å²) in [5.41, 5.74) is 0. The minimum atomic E-state index is -0.533. The van der Waals surface area contributed by atoms with Crippen molar-refractivity contribution in [1.82, 2.24) is 4.90 Å². The fourth-order valence-corrected chi connectivity index (χ4v) is 6.57. The van der Waals surface area contributed by atoms with Gasteiger partial charge in [-0.15, -0.1) is 11.6 Å². The van der Waals surface area contributed by atoms with Crippen LogP contribution in [0.25, 0.3) is 0 Å². The van der Waals surface area contributed by atoms with Crippen molar-refractivity contribution in [1.29, 1.82) is 0 Å². The minimum absolute atomic E-state index is 0.140. The van der Waals surface area contributed by atoms with E-state index in [4.69, 9.17) is 11.6 Å². The predicted molar refractivity (Wildman–Crippen MR) is 183 cm³/mol. The summed E-state index contributed by atoms with van der Waals surface area (Å²) in [7, 11) is 0. The van der Waals surface area contributed by atoms with Crippen LogP contribution in [0.3, 0.4) is 0 Å². The summed E-state index contributed by atoms with van der Waals surface area (Å²) >= 11 is 6.01. The van der Waals surface area contributed by atoms with Gasteiger partial charge in [-0.3, -0.25) is 4.79 Å². The Hall–Kier alpha value is -0.280. The first-order valence-electron chi connectivity index (χ1n) is 18.6. The third kappa shape index (κ3) is 27.0. The summed E-state index contributed by atoms with van der Waals surface area (Å²) in [4.78, 5) is 15.0. The second kappa shape index (κ2) is 32.6. The van der Waals surface area contributed by atoms with E-state index in [0.717, 1.165) is 44.5 Å². The van der Waals surface area contributed by atoms with Gasteiger partial charge >= 0.3 is 5.97 Å². The molecule has 1 unspecified atom stereocenters. The molecule has 0 heterocycles. The molecule has 0 saturated carbocycles. The normalized spacial score (nSPS) is 12.5. The first-order valence-corrected chi connectivity index (χ1v) is 19.1. The predicted octanol–water partition coefficient (Wildman–Crippen LogP) is 12.4. The first kappa shape index (κ1) is 40.7. The van der Waals surface area contributed by atoms with Crippen LogP contribution in [0.1, 0.15) is 194 Å². The van der Waals surface area contributed by atoms with Crippen molar-refractivity contribution in [3.63, 3.8) is 0 Å². The molecule has 1 N–H and O–H groups in total. The van der Waals surface area contributed by atoms with Gasteiger partial charge in [-0.2, -0.15) is 0 Å². The molecule has 0 saturated heterocycles. The smallest absolute Gasteiger partial charge is 0.306 e. The number of hydrogen-bond acceptors (Lipinski definition) is 2. The monoisotopic (exact) mass is 600 g/mol. The second-order valence-electron chi connectivity index (χ2n) is 13.0. The van der Waals surface area contributed by atoms with E-state index in [9.17, 15) is 9.90 Å². The van der Waals surface area contributed by atoms with Gasteiger partial charge in [0.1, 0.15) is 0 Å².